The molecule has 0 spiro atoms. The summed E-state index contributed by atoms with van der Waals surface area (Å²) in [5, 5.41) is 0. The van der Waals surface area contributed by atoms with Gasteiger partial charge < -0.3 is 4.42 Å². The number of rotatable bonds is 2. The molecule has 22 heavy (non-hydrogen) atoms. The average Bonchev–Trinajstić information content (AvgIpc) is 2.93. The molecule has 2 unspecified atom stereocenters. The molecule has 1 fully saturated rings. The van der Waals surface area contributed by atoms with Crippen LogP contribution in [0.5, 0.6) is 0 Å². The summed E-state index contributed by atoms with van der Waals surface area (Å²) in [4.78, 5) is 11.8. The smallest absolute Gasteiger partial charge is 0.408 e. The molecular formula is C15H16N2O4S. The average molecular weight is 320 g/mol. The van der Waals surface area contributed by atoms with E-state index in [1.54, 1.807) is 17.4 Å². The summed E-state index contributed by atoms with van der Waals surface area (Å²) >= 11 is 0. The van der Waals surface area contributed by atoms with Gasteiger partial charge in [-0.3, -0.25) is 4.57 Å². The lowest BCUT2D eigenvalue weighted by atomic mass is 10.2. The quantitative estimate of drug-likeness (QED) is 0.788. The van der Waals surface area contributed by atoms with E-state index >= 15 is 0 Å². The number of oxazole rings is 1. The fraction of sp³-hybridized carbons (Fsp3) is 0.400. The van der Waals surface area contributed by atoms with Crippen LogP contribution in [0.1, 0.15) is 19.3 Å². The van der Waals surface area contributed by atoms with Crippen LogP contribution in [0, 0.1) is 0 Å². The van der Waals surface area contributed by atoms with Crippen LogP contribution in [-0.2, 0) is 17.1 Å². The number of sulfonamides is 1. The Balaban J connectivity index is 1.85. The molecule has 0 radical (unpaired) electrons. The summed E-state index contributed by atoms with van der Waals surface area (Å²) in [5.74, 6) is -0.495. The summed E-state index contributed by atoms with van der Waals surface area (Å²) < 4.78 is 34.0. The van der Waals surface area contributed by atoms with Crippen LogP contribution in [-0.4, -0.2) is 29.4 Å². The topological polar surface area (TPSA) is 72.5 Å². The van der Waals surface area contributed by atoms with E-state index in [-0.39, 0.29) is 17.0 Å². The molecule has 2 aromatic rings. The number of benzene rings is 1. The molecule has 4 rings (SSSR count). The molecule has 1 aromatic heterocycles. The predicted molar refractivity (Wildman–Crippen MR) is 81.0 cm³/mol. The van der Waals surface area contributed by atoms with E-state index in [1.807, 2.05) is 6.08 Å². The predicted octanol–water partition coefficient (Wildman–Crippen LogP) is 1.61. The zero-order valence-electron chi connectivity index (χ0n) is 12.1. The molecule has 116 valence electrons. The van der Waals surface area contributed by atoms with Crippen molar-refractivity contribution >= 4 is 21.1 Å². The maximum atomic E-state index is 13.0. The third-order valence-corrected chi connectivity index (χ3v) is 6.56. The van der Waals surface area contributed by atoms with Crippen LogP contribution in [0.25, 0.3) is 11.1 Å². The van der Waals surface area contributed by atoms with Gasteiger partial charge in [-0.25, -0.2) is 13.2 Å². The summed E-state index contributed by atoms with van der Waals surface area (Å²) in [6.07, 6.45) is 6.57. The van der Waals surface area contributed by atoms with Gasteiger partial charge in [0.25, 0.3) is 0 Å². The molecule has 0 saturated carbocycles. The van der Waals surface area contributed by atoms with Gasteiger partial charge in [-0.2, -0.15) is 4.31 Å². The highest BCUT2D eigenvalue weighted by Gasteiger charge is 2.42. The lowest BCUT2D eigenvalue weighted by Crippen LogP contribution is -2.41. The second-order valence-electron chi connectivity index (χ2n) is 5.85. The minimum absolute atomic E-state index is 0.0452. The Bertz CT molecular complexity index is 938. The van der Waals surface area contributed by atoms with Gasteiger partial charge in [0.15, 0.2) is 5.58 Å². The van der Waals surface area contributed by atoms with Crippen molar-refractivity contribution in [2.24, 2.45) is 7.05 Å². The molecule has 3 heterocycles. The summed E-state index contributed by atoms with van der Waals surface area (Å²) in [6, 6.07) is 4.58. The highest BCUT2D eigenvalue weighted by Crippen LogP contribution is 2.36. The zero-order valence-corrected chi connectivity index (χ0v) is 12.9. The van der Waals surface area contributed by atoms with E-state index < -0.39 is 15.8 Å². The molecule has 2 aliphatic heterocycles. The van der Waals surface area contributed by atoms with E-state index in [1.165, 1.54) is 16.7 Å². The van der Waals surface area contributed by atoms with Crippen LogP contribution in [0.15, 0.2) is 44.5 Å². The Morgan fingerprint density at radius 3 is 2.86 bits per heavy atom. The number of hydrogen-bond acceptors (Lipinski definition) is 4. The minimum atomic E-state index is -3.57. The van der Waals surface area contributed by atoms with Crippen molar-refractivity contribution in [3.8, 4) is 0 Å². The summed E-state index contributed by atoms with van der Waals surface area (Å²) in [7, 11) is -2.00. The third kappa shape index (κ3) is 1.82. The van der Waals surface area contributed by atoms with Gasteiger partial charge in [0.2, 0.25) is 10.0 Å². The number of aromatic nitrogens is 1. The molecule has 0 N–H and O–H groups in total. The van der Waals surface area contributed by atoms with Gasteiger partial charge in [-0.15, -0.1) is 0 Å². The SMILES string of the molecule is Cn1c(=O)oc2ccc(S(=O)(=O)N3C4C=CCC3CC4)cc21. The Labute approximate surface area is 127 Å². The fourth-order valence-corrected chi connectivity index (χ4v) is 5.31. The second kappa shape index (κ2) is 4.57. The van der Waals surface area contributed by atoms with Crippen molar-refractivity contribution < 1.29 is 12.8 Å². The molecular weight excluding hydrogens is 304 g/mol. The standard InChI is InChI=1S/C15H16N2O4S/c1-16-13-9-12(7-8-14(13)21-15(16)18)22(19,20)17-10-3-2-4-11(17)6-5-10/h2-3,7-11H,4-6H2,1H3. The van der Waals surface area contributed by atoms with Gasteiger partial charge in [0.05, 0.1) is 10.4 Å². The summed E-state index contributed by atoms with van der Waals surface area (Å²) in [5.41, 5.74) is 0.888. The first-order valence-electron chi connectivity index (χ1n) is 7.28. The van der Waals surface area contributed by atoms with Gasteiger partial charge in [0, 0.05) is 19.1 Å². The monoisotopic (exact) mass is 320 g/mol. The third-order valence-electron chi connectivity index (χ3n) is 4.59. The van der Waals surface area contributed by atoms with Gasteiger partial charge in [-0.1, -0.05) is 12.2 Å². The van der Waals surface area contributed by atoms with Crippen LogP contribution in [0.3, 0.4) is 0 Å². The highest BCUT2D eigenvalue weighted by atomic mass is 32.2. The van der Waals surface area contributed by atoms with Crippen molar-refractivity contribution in [3.05, 3.63) is 40.9 Å². The second-order valence-corrected chi connectivity index (χ2v) is 7.70. The van der Waals surface area contributed by atoms with Crippen molar-refractivity contribution in [1.82, 2.24) is 8.87 Å². The zero-order chi connectivity index (χ0) is 15.5. The van der Waals surface area contributed by atoms with Gasteiger partial charge in [-0.05, 0) is 37.5 Å². The summed E-state index contributed by atoms with van der Waals surface area (Å²) in [6.45, 7) is 0. The van der Waals surface area contributed by atoms with Gasteiger partial charge >= 0.3 is 5.76 Å². The van der Waals surface area contributed by atoms with Crippen LogP contribution >= 0.6 is 0 Å². The minimum Gasteiger partial charge on any atom is -0.408 e. The van der Waals surface area contributed by atoms with Crippen molar-refractivity contribution in [3.63, 3.8) is 0 Å². The Morgan fingerprint density at radius 1 is 1.27 bits per heavy atom. The molecule has 2 bridgehead atoms. The lowest BCUT2D eigenvalue weighted by Gasteiger charge is -2.30. The Kier molecular flexibility index (Phi) is 2.86. The normalized spacial score (nSPS) is 25.1. The first kappa shape index (κ1) is 13.8. The first-order chi connectivity index (χ1) is 10.5. The van der Waals surface area contributed by atoms with E-state index in [0.717, 1.165) is 19.3 Å². The van der Waals surface area contributed by atoms with Crippen LogP contribution in [0.4, 0.5) is 0 Å². The van der Waals surface area contributed by atoms with E-state index in [2.05, 4.69) is 6.08 Å². The Morgan fingerprint density at radius 2 is 2.09 bits per heavy atom. The highest BCUT2D eigenvalue weighted by molar-refractivity contribution is 7.89. The molecule has 1 saturated heterocycles. The van der Waals surface area contributed by atoms with Crippen molar-refractivity contribution in [2.45, 2.75) is 36.2 Å². The van der Waals surface area contributed by atoms with Crippen LogP contribution in [0.2, 0.25) is 0 Å². The molecule has 7 heteroatoms. The number of aryl methyl sites for hydroxylation is 1. The van der Waals surface area contributed by atoms with Crippen molar-refractivity contribution in [2.75, 3.05) is 0 Å². The molecule has 6 nitrogen and oxygen atoms in total. The maximum absolute atomic E-state index is 13.0. The first-order valence-corrected chi connectivity index (χ1v) is 8.72. The number of nitrogens with zero attached hydrogens (tertiary/aromatic N) is 2. The van der Waals surface area contributed by atoms with E-state index in [4.69, 9.17) is 4.42 Å². The van der Waals surface area contributed by atoms with Gasteiger partial charge in [0.1, 0.15) is 0 Å². The lowest BCUT2D eigenvalue weighted by molar-refractivity contribution is 0.341. The molecule has 2 aliphatic rings. The van der Waals surface area contributed by atoms with E-state index in [0.29, 0.717) is 11.1 Å². The molecule has 1 aromatic carbocycles. The van der Waals surface area contributed by atoms with Crippen molar-refractivity contribution in [1.29, 1.82) is 0 Å². The maximum Gasteiger partial charge on any atom is 0.419 e. The van der Waals surface area contributed by atoms with Crippen LogP contribution < -0.4 is 5.76 Å². The fourth-order valence-electron chi connectivity index (χ4n) is 3.45. The number of fused-ring (bicyclic) bond motifs is 3. The molecule has 0 aliphatic carbocycles. The molecule has 0 amide bonds. The number of hydrogen-bond donors (Lipinski definition) is 0. The Hall–Kier alpha value is -1.86. The van der Waals surface area contributed by atoms with E-state index in [9.17, 15) is 13.2 Å². The molecule has 2 atom stereocenters. The largest absolute Gasteiger partial charge is 0.419 e.